The fourth-order valence-corrected chi connectivity index (χ4v) is 6.59. The standard InChI is InChI=1S/C46H88N4O3/c1-5-7-9-11-13-15-17-19-21-23-25-27-29-31-33-35-41-48-46(53)43(49-45(52)37-36-42-50(3)4)38-39-44(51)47-40-34-32-30-28-26-24-22-20-18-16-14-12-10-8-6-2/h18-21,43H,5-17,22-42H2,1-4H3,(H,47,51)(H,48,53)(H,49,52)/b20-18-,21-19-. The van der Waals surface area contributed by atoms with Crippen molar-refractivity contribution in [2.24, 2.45) is 0 Å². The van der Waals surface area contributed by atoms with Crippen molar-refractivity contribution in [1.29, 1.82) is 0 Å². The number of nitrogens with one attached hydrogen (secondary N) is 3. The van der Waals surface area contributed by atoms with Crippen LogP contribution in [0.2, 0.25) is 0 Å². The first kappa shape index (κ1) is 50.9. The molecule has 1 unspecified atom stereocenters. The fourth-order valence-electron chi connectivity index (χ4n) is 6.59. The minimum atomic E-state index is -0.678. The molecule has 0 aromatic heterocycles. The van der Waals surface area contributed by atoms with Crippen LogP contribution >= 0.6 is 0 Å². The maximum atomic E-state index is 13.1. The molecule has 0 fully saturated rings. The van der Waals surface area contributed by atoms with Gasteiger partial charge in [0, 0.05) is 25.9 Å². The Morgan fingerprint density at radius 1 is 0.472 bits per heavy atom. The monoisotopic (exact) mass is 745 g/mol. The van der Waals surface area contributed by atoms with Crippen molar-refractivity contribution in [2.45, 2.75) is 219 Å². The summed E-state index contributed by atoms with van der Waals surface area (Å²) in [7, 11) is 3.97. The zero-order chi connectivity index (χ0) is 38.9. The number of hydrogen-bond donors (Lipinski definition) is 3. The highest BCUT2D eigenvalue weighted by Crippen LogP contribution is 2.11. The van der Waals surface area contributed by atoms with Crippen LogP contribution in [0.3, 0.4) is 0 Å². The zero-order valence-corrected chi connectivity index (χ0v) is 35.6. The van der Waals surface area contributed by atoms with Crippen molar-refractivity contribution >= 4 is 17.7 Å². The van der Waals surface area contributed by atoms with Gasteiger partial charge in [0.25, 0.3) is 0 Å². The molecule has 7 heteroatoms. The van der Waals surface area contributed by atoms with Gasteiger partial charge in [-0.1, -0.05) is 147 Å². The maximum absolute atomic E-state index is 13.1. The van der Waals surface area contributed by atoms with E-state index in [0.717, 1.165) is 38.6 Å². The number of nitrogens with zero attached hydrogens (tertiary/aromatic N) is 1. The molecule has 0 saturated heterocycles. The third-order valence-electron chi connectivity index (χ3n) is 10.1. The summed E-state index contributed by atoms with van der Waals surface area (Å²) in [5, 5.41) is 8.97. The molecule has 0 spiro atoms. The van der Waals surface area contributed by atoms with E-state index in [4.69, 9.17) is 0 Å². The minimum Gasteiger partial charge on any atom is -0.356 e. The van der Waals surface area contributed by atoms with Gasteiger partial charge in [-0.05, 0) is 97.7 Å². The van der Waals surface area contributed by atoms with Crippen molar-refractivity contribution < 1.29 is 14.4 Å². The van der Waals surface area contributed by atoms with Crippen molar-refractivity contribution in [2.75, 3.05) is 33.7 Å². The van der Waals surface area contributed by atoms with Crippen molar-refractivity contribution in [3.05, 3.63) is 24.3 Å². The van der Waals surface area contributed by atoms with E-state index in [1.807, 2.05) is 19.0 Å². The fraction of sp³-hybridized carbons (Fsp3) is 0.848. The largest absolute Gasteiger partial charge is 0.356 e. The van der Waals surface area contributed by atoms with Gasteiger partial charge in [0.1, 0.15) is 6.04 Å². The number of amides is 3. The zero-order valence-electron chi connectivity index (χ0n) is 35.6. The molecule has 0 radical (unpaired) electrons. The molecule has 1 atom stereocenters. The lowest BCUT2D eigenvalue weighted by Crippen LogP contribution is -2.47. The molecule has 0 aromatic rings. The summed E-state index contributed by atoms with van der Waals surface area (Å²) in [6.45, 7) is 6.63. The summed E-state index contributed by atoms with van der Waals surface area (Å²) >= 11 is 0. The highest BCUT2D eigenvalue weighted by molar-refractivity contribution is 5.88. The van der Waals surface area contributed by atoms with E-state index in [9.17, 15) is 14.4 Å². The first-order valence-electron chi connectivity index (χ1n) is 22.7. The van der Waals surface area contributed by atoms with Gasteiger partial charge < -0.3 is 20.9 Å². The number of allylic oxidation sites excluding steroid dienone is 4. The molecular weight excluding hydrogens is 657 g/mol. The Hall–Kier alpha value is -2.15. The summed E-state index contributed by atoms with van der Waals surface area (Å²) in [5.41, 5.74) is 0. The Balaban J connectivity index is 4.14. The third kappa shape index (κ3) is 39.4. The normalized spacial score (nSPS) is 12.2. The second-order valence-corrected chi connectivity index (χ2v) is 15.7. The summed E-state index contributed by atoms with van der Waals surface area (Å²) < 4.78 is 0. The Kier molecular flexibility index (Phi) is 39.4. The summed E-state index contributed by atoms with van der Waals surface area (Å²) in [5.74, 6) is -0.349. The Labute approximate surface area is 329 Å². The van der Waals surface area contributed by atoms with Crippen LogP contribution in [0, 0.1) is 0 Å². The summed E-state index contributed by atoms with van der Waals surface area (Å²) in [4.78, 5) is 40.4. The van der Waals surface area contributed by atoms with Crippen molar-refractivity contribution in [3.8, 4) is 0 Å². The molecule has 0 saturated carbocycles. The molecule has 0 aliphatic rings. The lowest BCUT2D eigenvalue weighted by Gasteiger charge is -2.19. The van der Waals surface area contributed by atoms with Crippen LogP contribution in [-0.2, 0) is 14.4 Å². The average molecular weight is 745 g/mol. The van der Waals surface area contributed by atoms with E-state index in [2.05, 4.69) is 54.1 Å². The molecule has 3 amide bonds. The molecule has 0 aromatic carbocycles. The van der Waals surface area contributed by atoms with E-state index in [-0.39, 0.29) is 24.1 Å². The van der Waals surface area contributed by atoms with E-state index >= 15 is 0 Å². The number of unbranched alkanes of at least 4 members (excludes halogenated alkanes) is 23. The quantitative estimate of drug-likeness (QED) is 0.0430. The van der Waals surface area contributed by atoms with Gasteiger partial charge in [0.2, 0.25) is 17.7 Å². The third-order valence-corrected chi connectivity index (χ3v) is 10.1. The Bertz CT molecular complexity index is 888. The van der Waals surface area contributed by atoms with Crippen LogP contribution in [0.4, 0.5) is 0 Å². The van der Waals surface area contributed by atoms with Gasteiger partial charge in [0.05, 0.1) is 0 Å². The van der Waals surface area contributed by atoms with Gasteiger partial charge in [-0.2, -0.15) is 0 Å². The van der Waals surface area contributed by atoms with Crippen molar-refractivity contribution in [1.82, 2.24) is 20.9 Å². The van der Waals surface area contributed by atoms with Crippen LogP contribution < -0.4 is 16.0 Å². The van der Waals surface area contributed by atoms with Gasteiger partial charge >= 0.3 is 0 Å². The second kappa shape index (κ2) is 41.0. The lowest BCUT2D eigenvalue weighted by atomic mass is 10.1. The average Bonchev–Trinajstić information content (AvgIpc) is 3.14. The van der Waals surface area contributed by atoms with E-state index in [1.165, 1.54) is 148 Å². The highest BCUT2D eigenvalue weighted by atomic mass is 16.2. The highest BCUT2D eigenvalue weighted by Gasteiger charge is 2.21. The van der Waals surface area contributed by atoms with Gasteiger partial charge in [-0.25, -0.2) is 0 Å². The van der Waals surface area contributed by atoms with Crippen LogP contribution in [0.1, 0.15) is 213 Å². The van der Waals surface area contributed by atoms with Crippen LogP contribution in [0.15, 0.2) is 24.3 Å². The SMILES string of the molecule is CCCCCCC/C=C\CCCCCCCCNC(=O)CCC(NC(=O)CCCN(C)C)C(=O)NCCCCCCCC/C=C\CCCCCCCC. The van der Waals surface area contributed by atoms with E-state index < -0.39 is 6.04 Å². The van der Waals surface area contributed by atoms with E-state index in [1.54, 1.807) is 0 Å². The maximum Gasteiger partial charge on any atom is 0.242 e. The molecule has 0 aliphatic heterocycles. The molecule has 0 heterocycles. The van der Waals surface area contributed by atoms with Gasteiger partial charge in [0.15, 0.2) is 0 Å². The molecule has 0 aliphatic carbocycles. The summed E-state index contributed by atoms with van der Waals surface area (Å²) in [6.07, 6.45) is 44.9. The van der Waals surface area contributed by atoms with E-state index in [0.29, 0.717) is 25.9 Å². The number of carbonyl (C=O) groups is 3. The predicted molar refractivity (Wildman–Crippen MR) is 229 cm³/mol. The molecule has 3 N–H and O–H groups in total. The first-order valence-corrected chi connectivity index (χ1v) is 22.7. The predicted octanol–water partition coefficient (Wildman–Crippen LogP) is 11.5. The molecule has 310 valence electrons. The molecule has 0 rings (SSSR count). The van der Waals surface area contributed by atoms with Gasteiger partial charge in [-0.3, -0.25) is 14.4 Å². The minimum absolute atomic E-state index is 0.0462. The number of carbonyl (C=O) groups excluding carboxylic acids is 3. The summed E-state index contributed by atoms with van der Waals surface area (Å²) in [6, 6.07) is -0.678. The molecule has 53 heavy (non-hydrogen) atoms. The van der Waals surface area contributed by atoms with Crippen LogP contribution in [-0.4, -0.2) is 62.4 Å². The Morgan fingerprint density at radius 2 is 0.868 bits per heavy atom. The molecule has 0 bridgehead atoms. The number of hydrogen-bond acceptors (Lipinski definition) is 4. The first-order chi connectivity index (χ1) is 25.9. The second-order valence-electron chi connectivity index (χ2n) is 15.7. The molecule has 7 nitrogen and oxygen atoms in total. The van der Waals surface area contributed by atoms with Crippen LogP contribution in [0.25, 0.3) is 0 Å². The Morgan fingerprint density at radius 3 is 1.30 bits per heavy atom. The number of rotatable bonds is 40. The molecular formula is C46H88N4O3. The smallest absolute Gasteiger partial charge is 0.242 e. The van der Waals surface area contributed by atoms with Gasteiger partial charge in [-0.15, -0.1) is 0 Å². The van der Waals surface area contributed by atoms with Crippen molar-refractivity contribution in [3.63, 3.8) is 0 Å². The lowest BCUT2D eigenvalue weighted by molar-refractivity contribution is -0.129. The topological polar surface area (TPSA) is 90.5 Å². The van der Waals surface area contributed by atoms with Crippen LogP contribution in [0.5, 0.6) is 0 Å².